The lowest BCUT2D eigenvalue weighted by Gasteiger charge is -2.34. The van der Waals surface area contributed by atoms with Gasteiger partial charge in [0.2, 0.25) is 0 Å². The highest BCUT2D eigenvalue weighted by Gasteiger charge is 2.18. The zero-order valence-electron chi connectivity index (χ0n) is 8.70. The Labute approximate surface area is 84.4 Å². The molecule has 14 heavy (non-hydrogen) atoms. The van der Waals surface area contributed by atoms with Crippen LogP contribution in [0.4, 0.5) is 5.82 Å². The van der Waals surface area contributed by atoms with Crippen LogP contribution in [0, 0.1) is 6.92 Å². The third-order valence-electron chi connectivity index (χ3n) is 2.56. The van der Waals surface area contributed by atoms with Gasteiger partial charge in [0.15, 0.2) is 0 Å². The minimum atomic E-state index is 0.512. The molecule has 0 amide bonds. The van der Waals surface area contributed by atoms with Crippen molar-refractivity contribution in [3.05, 3.63) is 18.1 Å². The Morgan fingerprint density at radius 3 is 3.14 bits per heavy atom. The third-order valence-corrected chi connectivity index (χ3v) is 2.56. The molecule has 0 aliphatic carbocycles. The first-order valence-electron chi connectivity index (χ1n) is 5.04. The molecular weight excluding hydrogens is 176 g/mol. The number of aryl methyl sites for hydroxylation is 1. The zero-order chi connectivity index (χ0) is 9.97. The Morgan fingerprint density at radius 1 is 1.57 bits per heavy atom. The molecule has 0 saturated carbocycles. The van der Waals surface area contributed by atoms with Crippen LogP contribution in [0.15, 0.2) is 12.3 Å². The molecule has 1 unspecified atom stereocenters. The molecule has 0 radical (unpaired) electrons. The summed E-state index contributed by atoms with van der Waals surface area (Å²) in [6, 6.07) is 2.49. The van der Waals surface area contributed by atoms with E-state index in [1.165, 1.54) is 0 Å². The number of hydrogen-bond donors (Lipinski definition) is 1. The van der Waals surface area contributed by atoms with Crippen LogP contribution in [0.2, 0.25) is 0 Å². The molecule has 1 aliphatic heterocycles. The van der Waals surface area contributed by atoms with Gasteiger partial charge in [-0.25, -0.2) is 9.97 Å². The SMILES string of the molecule is Cc1nccc(N2CCNCC2C)n1. The molecular formula is C10H16N4. The normalized spacial score (nSPS) is 22.4. The maximum atomic E-state index is 4.43. The van der Waals surface area contributed by atoms with Crippen LogP contribution in [-0.4, -0.2) is 35.6 Å². The van der Waals surface area contributed by atoms with E-state index in [9.17, 15) is 0 Å². The zero-order valence-corrected chi connectivity index (χ0v) is 8.70. The molecule has 1 N–H and O–H groups in total. The second kappa shape index (κ2) is 3.92. The summed E-state index contributed by atoms with van der Waals surface area (Å²) in [5.74, 6) is 1.89. The number of piperazine rings is 1. The number of nitrogens with one attached hydrogen (secondary N) is 1. The first kappa shape index (κ1) is 9.40. The van der Waals surface area contributed by atoms with Gasteiger partial charge in [0, 0.05) is 31.9 Å². The van der Waals surface area contributed by atoms with Crippen molar-refractivity contribution in [3.63, 3.8) is 0 Å². The van der Waals surface area contributed by atoms with Gasteiger partial charge in [-0.15, -0.1) is 0 Å². The average Bonchev–Trinajstić information content (AvgIpc) is 2.18. The number of hydrogen-bond acceptors (Lipinski definition) is 4. The topological polar surface area (TPSA) is 41.1 Å². The highest BCUT2D eigenvalue weighted by molar-refractivity contribution is 5.39. The molecule has 2 heterocycles. The molecule has 1 aromatic rings. The summed E-state index contributed by atoms with van der Waals surface area (Å²) in [6.07, 6.45) is 1.83. The third kappa shape index (κ3) is 1.85. The molecule has 1 saturated heterocycles. The van der Waals surface area contributed by atoms with E-state index in [0.29, 0.717) is 6.04 Å². The maximum Gasteiger partial charge on any atom is 0.132 e. The van der Waals surface area contributed by atoms with Crippen molar-refractivity contribution in [2.75, 3.05) is 24.5 Å². The van der Waals surface area contributed by atoms with E-state index in [4.69, 9.17) is 0 Å². The minimum absolute atomic E-state index is 0.512. The molecule has 76 valence electrons. The van der Waals surface area contributed by atoms with Gasteiger partial charge in [-0.1, -0.05) is 0 Å². The van der Waals surface area contributed by atoms with Crippen LogP contribution >= 0.6 is 0 Å². The monoisotopic (exact) mass is 192 g/mol. The van der Waals surface area contributed by atoms with Crippen LogP contribution in [0.1, 0.15) is 12.7 Å². The lowest BCUT2D eigenvalue weighted by atomic mass is 10.2. The Bertz CT molecular complexity index is 313. The summed E-state index contributed by atoms with van der Waals surface area (Å²) >= 11 is 0. The molecule has 0 bridgehead atoms. The van der Waals surface area contributed by atoms with Crippen molar-refractivity contribution in [2.45, 2.75) is 19.9 Å². The van der Waals surface area contributed by atoms with Gasteiger partial charge < -0.3 is 10.2 Å². The quantitative estimate of drug-likeness (QED) is 0.707. The molecule has 2 rings (SSSR count). The number of anilines is 1. The minimum Gasteiger partial charge on any atom is -0.351 e. The average molecular weight is 192 g/mol. The summed E-state index contributed by atoms with van der Waals surface area (Å²) in [5.41, 5.74) is 0. The highest BCUT2D eigenvalue weighted by Crippen LogP contribution is 2.14. The Kier molecular flexibility index (Phi) is 2.63. The summed E-state index contributed by atoms with van der Waals surface area (Å²) in [6.45, 7) is 7.23. The molecule has 1 fully saturated rings. The largest absolute Gasteiger partial charge is 0.351 e. The van der Waals surface area contributed by atoms with Crippen LogP contribution in [-0.2, 0) is 0 Å². The predicted octanol–water partition coefficient (Wildman–Crippen LogP) is 0.583. The highest BCUT2D eigenvalue weighted by atomic mass is 15.3. The van der Waals surface area contributed by atoms with Crippen molar-refractivity contribution in [1.29, 1.82) is 0 Å². The van der Waals surface area contributed by atoms with E-state index in [2.05, 4.69) is 27.1 Å². The van der Waals surface area contributed by atoms with Crippen molar-refractivity contribution in [1.82, 2.24) is 15.3 Å². The fraction of sp³-hybridized carbons (Fsp3) is 0.600. The van der Waals surface area contributed by atoms with Gasteiger partial charge in [-0.2, -0.15) is 0 Å². The van der Waals surface area contributed by atoms with E-state index < -0.39 is 0 Å². The molecule has 0 spiro atoms. The van der Waals surface area contributed by atoms with E-state index in [0.717, 1.165) is 31.3 Å². The van der Waals surface area contributed by atoms with E-state index in [1.807, 2.05) is 19.2 Å². The Balaban J connectivity index is 2.20. The maximum absolute atomic E-state index is 4.43. The lowest BCUT2D eigenvalue weighted by molar-refractivity contribution is 0.496. The van der Waals surface area contributed by atoms with Gasteiger partial charge in [-0.3, -0.25) is 0 Å². The fourth-order valence-corrected chi connectivity index (χ4v) is 1.79. The van der Waals surface area contributed by atoms with E-state index >= 15 is 0 Å². The van der Waals surface area contributed by atoms with Gasteiger partial charge in [0.05, 0.1) is 0 Å². The smallest absolute Gasteiger partial charge is 0.132 e. The first-order valence-corrected chi connectivity index (χ1v) is 5.04. The predicted molar refractivity (Wildman–Crippen MR) is 56.4 cm³/mol. The van der Waals surface area contributed by atoms with Crippen LogP contribution in [0.3, 0.4) is 0 Å². The van der Waals surface area contributed by atoms with Gasteiger partial charge >= 0.3 is 0 Å². The molecule has 1 aliphatic rings. The van der Waals surface area contributed by atoms with Crippen LogP contribution in [0.25, 0.3) is 0 Å². The van der Waals surface area contributed by atoms with Gasteiger partial charge in [0.1, 0.15) is 11.6 Å². The van der Waals surface area contributed by atoms with E-state index in [-0.39, 0.29) is 0 Å². The number of rotatable bonds is 1. The van der Waals surface area contributed by atoms with Crippen molar-refractivity contribution in [3.8, 4) is 0 Å². The second-order valence-corrected chi connectivity index (χ2v) is 3.71. The van der Waals surface area contributed by atoms with Gasteiger partial charge in [0.25, 0.3) is 0 Å². The second-order valence-electron chi connectivity index (χ2n) is 3.71. The lowest BCUT2D eigenvalue weighted by Crippen LogP contribution is -2.50. The Hall–Kier alpha value is -1.16. The summed E-state index contributed by atoms with van der Waals surface area (Å²) in [5, 5.41) is 3.36. The molecule has 1 atom stereocenters. The molecule has 0 aromatic carbocycles. The molecule has 1 aromatic heterocycles. The van der Waals surface area contributed by atoms with Crippen LogP contribution in [0.5, 0.6) is 0 Å². The van der Waals surface area contributed by atoms with Crippen molar-refractivity contribution < 1.29 is 0 Å². The van der Waals surface area contributed by atoms with Crippen molar-refractivity contribution in [2.24, 2.45) is 0 Å². The molecule has 4 nitrogen and oxygen atoms in total. The van der Waals surface area contributed by atoms with E-state index in [1.54, 1.807) is 0 Å². The van der Waals surface area contributed by atoms with Crippen LogP contribution < -0.4 is 10.2 Å². The summed E-state index contributed by atoms with van der Waals surface area (Å²) < 4.78 is 0. The molecule has 4 heteroatoms. The number of nitrogens with zero attached hydrogens (tertiary/aromatic N) is 3. The fourth-order valence-electron chi connectivity index (χ4n) is 1.79. The van der Waals surface area contributed by atoms with Gasteiger partial charge in [-0.05, 0) is 19.9 Å². The van der Waals surface area contributed by atoms with Crippen molar-refractivity contribution >= 4 is 5.82 Å². The standard InChI is InChI=1S/C10H16N4/c1-8-7-11-5-6-14(8)10-3-4-12-9(2)13-10/h3-4,8,11H,5-7H2,1-2H3. The summed E-state index contributed by atoms with van der Waals surface area (Å²) in [7, 11) is 0. The number of aromatic nitrogens is 2. The summed E-state index contributed by atoms with van der Waals surface area (Å²) in [4.78, 5) is 10.9. The first-order chi connectivity index (χ1) is 6.77. The Morgan fingerprint density at radius 2 is 2.43 bits per heavy atom.